The molecule has 0 fully saturated rings. The summed E-state index contributed by atoms with van der Waals surface area (Å²) < 4.78 is 0. The van der Waals surface area contributed by atoms with E-state index < -0.39 is 0 Å². The molecule has 7 heteroatoms. The number of hydrogen-bond donors (Lipinski definition) is 4. The number of nitriles is 1. The number of aromatic nitrogens is 2. The van der Waals surface area contributed by atoms with Gasteiger partial charge in [-0.25, -0.2) is 4.98 Å². The van der Waals surface area contributed by atoms with Crippen LogP contribution in [0.3, 0.4) is 0 Å². The van der Waals surface area contributed by atoms with Crippen LogP contribution in [-0.2, 0) is 6.42 Å². The van der Waals surface area contributed by atoms with Gasteiger partial charge in [-0.15, -0.1) is 0 Å². The lowest BCUT2D eigenvalue weighted by Crippen LogP contribution is -2.02. The normalized spacial score (nSPS) is 10.1. The Morgan fingerprint density at radius 1 is 1.19 bits per heavy atom. The smallest absolute Gasteiger partial charge is 0.221 e. The highest BCUT2D eigenvalue weighted by Crippen LogP contribution is 2.33. The largest absolute Gasteiger partial charge is 0.398 e. The minimum absolute atomic E-state index is 0.169. The highest BCUT2D eigenvalue weighted by molar-refractivity contribution is 5.95. The standard InChI is InChI=1S/C19H17N7/c20-6-4-12-2-1-3-13(8-12)16-10-15(9-14(11-21)18(16)22)25-17-5-7-24-19(23)26-17/h1-3,5,7-11,21H,4,22H2,(H3,23,24,25,26). The third-order valence-electron chi connectivity index (χ3n) is 3.84. The van der Waals surface area contributed by atoms with Gasteiger partial charge in [-0.05, 0) is 29.3 Å². The SMILES string of the molecule is N#CCc1cccc(-c2cc(Nc3ccnc(N)n3)cc(C=N)c2N)c1. The van der Waals surface area contributed by atoms with E-state index in [0.717, 1.165) is 22.4 Å². The summed E-state index contributed by atoms with van der Waals surface area (Å²) in [5.41, 5.74) is 16.2. The van der Waals surface area contributed by atoms with E-state index in [2.05, 4.69) is 21.4 Å². The van der Waals surface area contributed by atoms with E-state index in [1.54, 1.807) is 18.3 Å². The number of nitrogens with two attached hydrogens (primary N) is 2. The monoisotopic (exact) mass is 343 g/mol. The van der Waals surface area contributed by atoms with Crippen LogP contribution in [0.2, 0.25) is 0 Å². The quantitative estimate of drug-likeness (QED) is 0.415. The van der Waals surface area contributed by atoms with Crippen molar-refractivity contribution in [2.75, 3.05) is 16.8 Å². The van der Waals surface area contributed by atoms with Crippen LogP contribution in [0.5, 0.6) is 0 Å². The van der Waals surface area contributed by atoms with Crippen LogP contribution < -0.4 is 16.8 Å². The van der Waals surface area contributed by atoms with Gasteiger partial charge in [-0.2, -0.15) is 10.2 Å². The molecule has 0 saturated heterocycles. The maximum absolute atomic E-state index is 8.91. The van der Waals surface area contributed by atoms with Gasteiger partial charge in [0.15, 0.2) is 0 Å². The maximum atomic E-state index is 8.91. The van der Waals surface area contributed by atoms with Crippen LogP contribution >= 0.6 is 0 Å². The Bertz CT molecular complexity index is 1010. The van der Waals surface area contributed by atoms with Crippen molar-refractivity contribution >= 4 is 29.4 Å². The molecule has 1 aromatic heterocycles. The van der Waals surface area contributed by atoms with Gasteiger partial charge in [0, 0.05) is 34.9 Å². The predicted octanol–water partition coefficient (Wildman–Crippen LogP) is 3.12. The Kier molecular flexibility index (Phi) is 4.76. The molecule has 2 aromatic carbocycles. The van der Waals surface area contributed by atoms with Crippen molar-refractivity contribution in [1.82, 2.24) is 9.97 Å². The second kappa shape index (κ2) is 7.32. The van der Waals surface area contributed by atoms with Crippen molar-refractivity contribution in [1.29, 1.82) is 10.7 Å². The maximum Gasteiger partial charge on any atom is 0.221 e. The van der Waals surface area contributed by atoms with Gasteiger partial charge in [0.25, 0.3) is 0 Å². The summed E-state index contributed by atoms with van der Waals surface area (Å²) in [4.78, 5) is 7.98. The molecule has 3 aromatic rings. The van der Waals surface area contributed by atoms with Gasteiger partial charge in [0.05, 0.1) is 12.5 Å². The zero-order valence-electron chi connectivity index (χ0n) is 13.9. The lowest BCUT2D eigenvalue weighted by Gasteiger charge is -2.14. The van der Waals surface area contributed by atoms with Crippen LogP contribution in [0.15, 0.2) is 48.7 Å². The Hall–Kier alpha value is -3.92. The summed E-state index contributed by atoms with van der Waals surface area (Å²) in [7, 11) is 0. The fraction of sp³-hybridized carbons (Fsp3) is 0.0526. The lowest BCUT2D eigenvalue weighted by atomic mass is 9.97. The first-order chi connectivity index (χ1) is 12.6. The first-order valence-corrected chi connectivity index (χ1v) is 7.86. The van der Waals surface area contributed by atoms with Gasteiger partial charge in [0.2, 0.25) is 5.95 Å². The minimum Gasteiger partial charge on any atom is -0.398 e. The molecule has 3 rings (SSSR count). The van der Waals surface area contributed by atoms with E-state index in [1.807, 2.05) is 30.3 Å². The number of nitrogens with one attached hydrogen (secondary N) is 2. The van der Waals surface area contributed by atoms with E-state index in [9.17, 15) is 0 Å². The zero-order chi connectivity index (χ0) is 18.5. The molecule has 26 heavy (non-hydrogen) atoms. The fourth-order valence-electron chi connectivity index (χ4n) is 2.64. The van der Waals surface area contributed by atoms with Crippen molar-refractivity contribution in [2.24, 2.45) is 0 Å². The Morgan fingerprint density at radius 3 is 2.77 bits per heavy atom. The van der Waals surface area contributed by atoms with Crippen molar-refractivity contribution in [2.45, 2.75) is 6.42 Å². The molecule has 0 unspecified atom stereocenters. The molecule has 0 amide bonds. The highest BCUT2D eigenvalue weighted by Gasteiger charge is 2.10. The number of rotatable bonds is 5. The number of nitrogen functional groups attached to an aromatic ring is 2. The molecular formula is C19H17N7. The van der Waals surface area contributed by atoms with Crippen molar-refractivity contribution < 1.29 is 0 Å². The number of nitrogens with zero attached hydrogens (tertiary/aromatic N) is 3. The third-order valence-corrected chi connectivity index (χ3v) is 3.84. The molecule has 7 nitrogen and oxygen atoms in total. The van der Waals surface area contributed by atoms with Gasteiger partial charge in [-0.1, -0.05) is 24.3 Å². The predicted molar refractivity (Wildman–Crippen MR) is 103 cm³/mol. The van der Waals surface area contributed by atoms with Crippen LogP contribution in [0.25, 0.3) is 11.1 Å². The first kappa shape index (κ1) is 16.9. The summed E-state index contributed by atoms with van der Waals surface area (Å²) >= 11 is 0. The van der Waals surface area contributed by atoms with Gasteiger partial charge >= 0.3 is 0 Å². The topological polar surface area (TPSA) is 137 Å². The Morgan fingerprint density at radius 2 is 2.04 bits per heavy atom. The van der Waals surface area contributed by atoms with Crippen LogP contribution in [-0.4, -0.2) is 16.2 Å². The van der Waals surface area contributed by atoms with E-state index in [4.69, 9.17) is 22.1 Å². The summed E-state index contributed by atoms with van der Waals surface area (Å²) in [6.07, 6.45) is 3.09. The van der Waals surface area contributed by atoms with Crippen LogP contribution in [0.4, 0.5) is 23.1 Å². The molecule has 128 valence electrons. The van der Waals surface area contributed by atoms with Crippen LogP contribution in [0, 0.1) is 16.7 Å². The Balaban J connectivity index is 2.06. The molecule has 0 aliphatic carbocycles. The average Bonchev–Trinajstić information content (AvgIpc) is 2.63. The second-order valence-corrected chi connectivity index (χ2v) is 5.63. The van der Waals surface area contributed by atoms with Gasteiger partial charge in [-0.3, -0.25) is 0 Å². The lowest BCUT2D eigenvalue weighted by molar-refractivity contribution is 1.18. The van der Waals surface area contributed by atoms with Crippen molar-refractivity contribution in [3.8, 4) is 17.2 Å². The summed E-state index contributed by atoms with van der Waals surface area (Å²) in [6.45, 7) is 0. The molecule has 0 atom stereocenters. The molecule has 0 spiro atoms. The van der Waals surface area contributed by atoms with E-state index in [0.29, 0.717) is 23.5 Å². The van der Waals surface area contributed by atoms with Gasteiger partial charge in [0.1, 0.15) is 5.82 Å². The summed E-state index contributed by atoms with van der Waals surface area (Å²) in [5.74, 6) is 0.713. The number of anilines is 4. The van der Waals surface area contributed by atoms with Crippen molar-refractivity contribution in [3.05, 3.63) is 59.8 Å². The third kappa shape index (κ3) is 3.60. The summed E-state index contributed by atoms with van der Waals surface area (Å²) in [6, 6.07) is 15.1. The zero-order valence-corrected chi connectivity index (χ0v) is 13.9. The average molecular weight is 343 g/mol. The molecule has 0 aliphatic rings. The van der Waals surface area contributed by atoms with Gasteiger partial charge < -0.3 is 22.2 Å². The molecule has 6 N–H and O–H groups in total. The van der Waals surface area contributed by atoms with Crippen LogP contribution in [0.1, 0.15) is 11.1 Å². The molecule has 0 aliphatic heterocycles. The Labute approximate surface area is 150 Å². The molecular weight excluding hydrogens is 326 g/mol. The van der Waals surface area contributed by atoms with E-state index in [-0.39, 0.29) is 5.95 Å². The first-order valence-electron chi connectivity index (χ1n) is 7.86. The molecule has 0 radical (unpaired) electrons. The van der Waals surface area contributed by atoms with E-state index in [1.165, 1.54) is 6.21 Å². The summed E-state index contributed by atoms with van der Waals surface area (Å²) in [5, 5.41) is 19.7. The fourth-order valence-corrected chi connectivity index (χ4v) is 2.64. The number of hydrogen-bond acceptors (Lipinski definition) is 7. The number of benzene rings is 2. The minimum atomic E-state index is 0.169. The second-order valence-electron chi connectivity index (χ2n) is 5.63. The van der Waals surface area contributed by atoms with E-state index >= 15 is 0 Å². The molecule has 0 bridgehead atoms. The molecule has 1 heterocycles. The van der Waals surface area contributed by atoms with Crippen molar-refractivity contribution in [3.63, 3.8) is 0 Å². The highest BCUT2D eigenvalue weighted by atomic mass is 15.1. The molecule has 0 saturated carbocycles.